The van der Waals surface area contributed by atoms with Crippen LogP contribution >= 0.6 is 11.6 Å². The second kappa shape index (κ2) is 6.04. The molecule has 0 unspecified atom stereocenters. The molecule has 2 N–H and O–H groups in total. The SMILES string of the molecule is O=[N+]([O-])c1ccc(Cl)cc1S(=O)(=O)NC1CCNCC1. The average molecular weight is 320 g/mol. The van der Waals surface area contributed by atoms with Gasteiger partial charge in [-0.15, -0.1) is 0 Å². The number of rotatable bonds is 4. The molecule has 0 spiro atoms. The van der Waals surface area contributed by atoms with Crippen LogP contribution in [0.25, 0.3) is 0 Å². The molecule has 0 amide bonds. The smallest absolute Gasteiger partial charge is 0.289 e. The van der Waals surface area contributed by atoms with E-state index in [0.717, 1.165) is 12.1 Å². The number of sulfonamides is 1. The molecule has 20 heavy (non-hydrogen) atoms. The van der Waals surface area contributed by atoms with E-state index in [-0.39, 0.29) is 11.1 Å². The Bertz CT molecular complexity index is 614. The maximum absolute atomic E-state index is 12.3. The molecule has 0 saturated carbocycles. The van der Waals surface area contributed by atoms with E-state index in [1.807, 2.05) is 0 Å². The largest absolute Gasteiger partial charge is 0.317 e. The predicted octanol–water partition coefficient (Wildman–Crippen LogP) is 1.28. The Labute approximate surface area is 121 Å². The molecule has 1 saturated heterocycles. The van der Waals surface area contributed by atoms with Crippen molar-refractivity contribution in [2.45, 2.75) is 23.8 Å². The van der Waals surface area contributed by atoms with Gasteiger partial charge >= 0.3 is 0 Å². The van der Waals surface area contributed by atoms with E-state index < -0.39 is 25.5 Å². The summed E-state index contributed by atoms with van der Waals surface area (Å²) in [6.45, 7) is 1.43. The summed E-state index contributed by atoms with van der Waals surface area (Å²) in [5, 5.41) is 14.2. The van der Waals surface area contributed by atoms with E-state index in [1.165, 1.54) is 6.07 Å². The first-order valence-corrected chi connectivity index (χ1v) is 7.93. The molecular formula is C11H14ClN3O4S. The van der Waals surface area contributed by atoms with E-state index in [9.17, 15) is 18.5 Å². The predicted molar refractivity (Wildman–Crippen MR) is 74.3 cm³/mol. The van der Waals surface area contributed by atoms with Crippen LogP contribution in [0.4, 0.5) is 5.69 Å². The standard InChI is InChI=1S/C11H14ClN3O4S/c12-8-1-2-10(15(16)17)11(7-8)20(18,19)14-9-3-5-13-6-4-9/h1-2,7,9,13-14H,3-6H2. The van der Waals surface area contributed by atoms with Crippen molar-refractivity contribution in [3.63, 3.8) is 0 Å². The molecule has 7 nitrogen and oxygen atoms in total. The molecule has 0 aliphatic carbocycles. The summed E-state index contributed by atoms with van der Waals surface area (Å²) in [6, 6.07) is 3.27. The van der Waals surface area contributed by atoms with Gasteiger partial charge < -0.3 is 5.32 Å². The fraction of sp³-hybridized carbons (Fsp3) is 0.455. The van der Waals surface area contributed by atoms with Crippen molar-refractivity contribution in [2.75, 3.05) is 13.1 Å². The van der Waals surface area contributed by atoms with Crippen molar-refractivity contribution in [3.8, 4) is 0 Å². The Morgan fingerprint density at radius 3 is 2.60 bits per heavy atom. The molecule has 1 aromatic rings. The van der Waals surface area contributed by atoms with Crippen molar-refractivity contribution in [3.05, 3.63) is 33.3 Å². The lowest BCUT2D eigenvalue weighted by atomic mass is 10.1. The highest BCUT2D eigenvalue weighted by Crippen LogP contribution is 2.27. The van der Waals surface area contributed by atoms with Crippen molar-refractivity contribution >= 4 is 27.3 Å². The Hall–Kier alpha value is -1.22. The van der Waals surface area contributed by atoms with E-state index >= 15 is 0 Å². The van der Waals surface area contributed by atoms with Crippen molar-refractivity contribution in [2.24, 2.45) is 0 Å². The van der Waals surface area contributed by atoms with Gasteiger partial charge in [-0.1, -0.05) is 11.6 Å². The van der Waals surface area contributed by atoms with Crippen LogP contribution in [0.1, 0.15) is 12.8 Å². The van der Waals surface area contributed by atoms with Gasteiger partial charge in [0.15, 0.2) is 4.90 Å². The van der Waals surface area contributed by atoms with Gasteiger partial charge in [0, 0.05) is 17.1 Å². The fourth-order valence-electron chi connectivity index (χ4n) is 2.08. The number of hydrogen-bond donors (Lipinski definition) is 2. The van der Waals surface area contributed by atoms with E-state index in [0.29, 0.717) is 25.9 Å². The third-order valence-electron chi connectivity index (χ3n) is 3.07. The van der Waals surface area contributed by atoms with E-state index in [1.54, 1.807) is 0 Å². The highest BCUT2D eigenvalue weighted by atomic mass is 35.5. The minimum atomic E-state index is -3.96. The number of nitrogens with zero attached hydrogens (tertiary/aromatic N) is 1. The molecule has 1 aliphatic heterocycles. The molecule has 0 atom stereocenters. The zero-order valence-corrected chi connectivity index (χ0v) is 12.1. The van der Waals surface area contributed by atoms with Crippen LogP contribution in [-0.4, -0.2) is 32.5 Å². The van der Waals surface area contributed by atoms with Crippen molar-refractivity contribution in [1.29, 1.82) is 0 Å². The molecule has 9 heteroatoms. The minimum absolute atomic E-state index is 0.140. The topological polar surface area (TPSA) is 101 Å². The number of nitrogens with one attached hydrogen (secondary N) is 2. The lowest BCUT2D eigenvalue weighted by Crippen LogP contribution is -2.42. The van der Waals surface area contributed by atoms with Gasteiger partial charge in [-0.25, -0.2) is 13.1 Å². The zero-order chi connectivity index (χ0) is 14.8. The summed E-state index contributed by atoms with van der Waals surface area (Å²) in [5.74, 6) is 0. The maximum atomic E-state index is 12.3. The molecule has 1 fully saturated rings. The number of nitro groups is 1. The van der Waals surface area contributed by atoms with Gasteiger partial charge in [-0.2, -0.15) is 0 Å². The zero-order valence-electron chi connectivity index (χ0n) is 10.5. The summed E-state index contributed by atoms with van der Waals surface area (Å²) in [5.41, 5.74) is -0.476. The van der Waals surface area contributed by atoms with Crippen LogP contribution in [0.15, 0.2) is 23.1 Å². The highest BCUT2D eigenvalue weighted by molar-refractivity contribution is 7.89. The summed E-state index contributed by atoms with van der Waals surface area (Å²) >= 11 is 5.75. The number of hydrogen-bond acceptors (Lipinski definition) is 5. The van der Waals surface area contributed by atoms with Crippen LogP contribution in [0.5, 0.6) is 0 Å². The summed E-state index contributed by atoms with van der Waals surface area (Å²) in [4.78, 5) is 9.81. The Balaban J connectivity index is 2.32. The van der Waals surface area contributed by atoms with Crippen LogP contribution in [0, 0.1) is 10.1 Å². The number of nitro benzene ring substituents is 1. The van der Waals surface area contributed by atoms with Gasteiger partial charge in [0.25, 0.3) is 5.69 Å². The Kier molecular flexibility index (Phi) is 4.59. The second-order valence-corrected chi connectivity index (χ2v) is 6.63. The Morgan fingerprint density at radius 2 is 2.00 bits per heavy atom. The molecule has 2 rings (SSSR count). The minimum Gasteiger partial charge on any atom is -0.317 e. The molecule has 0 radical (unpaired) electrons. The highest BCUT2D eigenvalue weighted by Gasteiger charge is 2.28. The van der Waals surface area contributed by atoms with Gasteiger partial charge in [-0.05, 0) is 38.1 Å². The Morgan fingerprint density at radius 1 is 1.35 bits per heavy atom. The second-order valence-electron chi connectivity index (χ2n) is 4.51. The number of benzene rings is 1. The fourth-order valence-corrected chi connectivity index (χ4v) is 3.82. The van der Waals surface area contributed by atoms with Crippen LogP contribution < -0.4 is 10.0 Å². The first-order valence-electron chi connectivity index (χ1n) is 6.07. The molecule has 0 bridgehead atoms. The molecule has 1 heterocycles. The monoisotopic (exact) mass is 319 g/mol. The lowest BCUT2D eigenvalue weighted by molar-refractivity contribution is -0.387. The summed E-state index contributed by atoms with van der Waals surface area (Å²) in [7, 11) is -3.96. The van der Waals surface area contributed by atoms with E-state index in [2.05, 4.69) is 10.0 Å². The number of piperidine rings is 1. The molecule has 1 aliphatic rings. The quantitative estimate of drug-likeness (QED) is 0.643. The molecule has 1 aromatic carbocycles. The van der Waals surface area contributed by atoms with Gasteiger partial charge in [-0.3, -0.25) is 10.1 Å². The van der Waals surface area contributed by atoms with Crippen LogP contribution in [0.2, 0.25) is 5.02 Å². The molecule has 0 aromatic heterocycles. The lowest BCUT2D eigenvalue weighted by Gasteiger charge is -2.23. The first-order chi connectivity index (χ1) is 9.40. The van der Waals surface area contributed by atoms with Crippen LogP contribution in [-0.2, 0) is 10.0 Å². The summed E-state index contributed by atoms with van der Waals surface area (Å²) in [6.07, 6.45) is 1.29. The van der Waals surface area contributed by atoms with Crippen molar-refractivity contribution in [1.82, 2.24) is 10.0 Å². The molecular weight excluding hydrogens is 306 g/mol. The third kappa shape index (κ3) is 3.45. The van der Waals surface area contributed by atoms with E-state index in [4.69, 9.17) is 11.6 Å². The van der Waals surface area contributed by atoms with Gasteiger partial charge in [0.1, 0.15) is 0 Å². The average Bonchev–Trinajstić information content (AvgIpc) is 2.39. The maximum Gasteiger partial charge on any atom is 0.289 e. The number of halogens is 1. The third-order valence-corrected chi connectivity index (χ3v) is 4.85. The van der Waals surface area contributed by atoms with Crippen LogP contribution in [0.3, 0.4) is 0 Å². The first kappa shape index (κ1) is 15.2. The van der Waals surface area contributed by atoms with Gasteiger partial charge in [0.05, 0.1) is 4.92 Å². The molecule has 110 valence electrons. The van der Waals surface area contributed by atoms with Crippen molar-refractivity contribution < 1.29 is 13.3 Å². The van der Waals surface area contributed by atoms with Gasteiger partial charge in [0.2, 0.25) is 10.0 Å². The normalized spacial score (nSPS) is 17.1. The summed E-state index contributed by atoms with van der Waals surface area (Å²) < 4.78 is 27.1.